The van der Waals surface area contributed by atoms with Gasteiger partial charge in [0.25, 0.3) is 5.91 Å². The van der Waals surface area contributed by atoms with Crippen molar-refractivity contribution < 1.29 is 9.18 Å². The zero-order chi connectivity index (χ0) is 19.8. The van der Waals surface area contributed by atoms with Crippen molar-refractivity contribution in [2.75, 3.05) is 26.2 Å². The number of amides is 1. The summed E-state index contributed by atoms with van der Waals surface area (Å²) in [4.78, 5) is 17.5. The fourth-order valence-electron chi connectivity index (χ4n) is 3.32. The van der Waals surface area contributed by atoms with Crippen molar-refractivity contribution in [3.8, 4) is 0 Å². The Bertz CT molecular complexity index is 1050. The summed E-state index contributed by atoms with van der Waals surface area (Å²) in [5.74, 6) is -0.396. The highest BCUT2D eigenvalue weighted by Gasteiger charge is 2.26. The minimum Gasteiger partial charge on any atom is -0.335 e. The molecule has 3 nitrogen and oxygen atoms in total. The van der Waals surface area contributed by atoms with Gasteiger partial charge in [0.05, 0.1) is 5.02 Å². The first-order valence-electron chi connectivity index (χ1n) is 8.75. The van der Waals surface area contributed by atoms with E-state index in [-0.39, 0.29) is 11.7 Å². The molecule has 2 heterocycles. The minimum absolute atomic E-state index is 0.0539. The number of nitrogens with zero attached hydrogens (tertiary/aromatic N) is 2. The molecule has 3 aromatic rings. The number of hydrogen-bond acceptors (Lipinski definition) is 3. The van der Waals surface area contributed by atoms with E-state index in [1.165, 1.54) is 23.5 Å². The number of halogens is 4. The third kappa shape index (κ3) is 4.00. The van der Waals surface area contributed by atoms with E-state index in [0.29, 0.717) is 52.7 Å². The average Bonchev–Trinajstić information content (AvgIpc) is 3.00. The molecule has 146 valence electrons. The molecule has 1 fully saturated rings. The summed E-state index contributed by atoms with van der Waals surface area (Å²) >= 11 is 20.0. The molecule has 1 saturated heterocycles. The molecule has 0 bridgehead atoms. The van der Waals surface area contributed by atoms with Crippen molar-refractivity contribution in [1.29, 1.82) is 0 Å². The van der Waals surface area contributed by atoms with Crippen LogP contribution in [0.25, 0.3) is 10.1 Å². The summed E-state index contributed by atoms with van der Waals surface area (Å²) < 4.78 is 14.1. The quantitative estimate of drug-likeness (QED) is 0.484. The average molecular weight is 458 g/mol. The molecule has 1 aliphatic heterocycles. The maximum absolute atomic E-state index is 13.2. The van der Waals surface area contributed by atoms with E-state index in [9.17, 15) is 9.18 Å². The fourth-order valence-corrected chi connectivity index (χ4v) is 5.30. The number of piperazine rings is 1. The minimum atomic E-state index is -0.342. The van der Waals surface area contributed by atoms with Crippen LogP contribution in [0.15, 0.2) is 36.4 Å². The van der Waals surface area contributed by atoms with Gasteiger partial charge in [-0.15, -0.1) is 11.3 Å². The lowest BCUT2D eigenvalue weighted by molar-refractivity contribution is 0.0633. The summed E-state index contributed by atoms with van der Waals surface area (Å²) in [5, 5.41) is 2.39. The highest BCUT2D eigenvalue weighted by atomic mass is 35.5. The Balaban J connectivity index is 1.43. The van der Waals surface area contributed by atoms with E-state index in [1.807, 2.05) is 17.0 Å². The Hall–Kier alpha value is -1.37. The van der Waals surface area contributed by atoms with Crippen LogP contribution in [0, 0.1) is 5.82 Å². The predicted octanol–water partition coefficient (Wildman–Crippen LogP) is 5.96. The van der Waals surface area contributed by atoms with Crippen LogP contribution in [0.4, 0.5) is 4.39 Å². The molecule has 4 rings (SSSR count). The SMILES string of the molecule is O=C(c1sc2cc(Cl)ccc2c1Cl)N1CCN(Cc2ccc(F)cc2Cl)CC1. The number of carbonyl (C=O) groups is 1. The Morgan fingerprint density at radius 1 is 1.04 bits per heavy atom. The number of carbonyl (C=O) groups excluding carboxylic acids is 1. The molecule has 0 saturated carbocycles. The predicted molar refractivity (Wildman–Crippen MR) is 114 cm³/mol. The van der Waals surface area contributed by atoms with Gasteiger partial charge in [0.15, 0.2) is 0 Å². The van der Waals surface area contributed by atoms with Gasteiger partial charge in [-0.2, -0.15) is 0 Å². The molecule has 0 spiro atoms. The summed E-state index contributed by atoms with van der Waals surface area (Å²) in [7, 11) is 0. The molecule has 1 aliphatic rings. The van der Waals surface area contributed by atoms with Crippen LogP contribution in [-0.4, -0.2) is 41.9 Å². The topological polar surface area (TPSA) is 23.6 Å². The lowest BCUT2D eigenvalue weighted by atomic mass is 10.2. The summed E-state index contributed by atoms with van der Waals surface area (Å²) in [6, 6.07) is 9.89. The van der Waals surface area contributed by atoms with Gasteiger partial charge in [-0.1, -0.05) is 46.9 Å². The van der Waals surface area contributed by atoms with Crippen LogP contribution in [0.3, 0.4) is 0 Å². The molecule has 0 atom stereocenters. The van der Waals surface area contributed by atoms with Crippen LogP contribution < -0.4 is 0 Å². The maximum Gasteiger partial charge on any atom is 0.265 e. The number of rotatable bonds is 3. The van der Waals surface area contributed by atoms with E-state index >= 15 is 0 Å². The largest absolute Gasteiger partial charge is 0.335 e. The summed E-state index contributed by atoms with van der Waals surface area (Å²) in [5.41, 5.74) is 0.882. The normalized spacial score (nSPS) is 15.4. The Morgan fingerprint density at radius 3 is 2.50 bits per heavy atom. The number of fused-ring (bicyclic) bond motifs is 1. The standard InChI is InChI=1S/C20H16Cl3FN2OS/c21-13-2-4-15-17(9-13)28-19(18(15)23)20(27)26-7-5-25(6-8-26)11-12-1-3-14(24)10-16(12)22/h1-4,9-10H,5-8,11H2. The van der Waals surface area contributed by atoms with Crippen molar-refractivity contribution in [3.05, 3.63) is 67.7 Å². The molecule has 2 aromatic carbocycles. The second-order valence-corrected chi connectivity index (χ2v) is 8.96. The molecule has 0 aliphatic carbocycles. The summed E-state index contributed by atoms with van der Waals surface area (Å²) in [6.07, 6.45) is 0. The van der Waals surface area contributed by atoms with Gasteiger partial charge in [0, 0.05) is 52.9 Å². The Kier molecular flexibility index (Phi) is 5.81. The monoisotopic (exact) mass is 456 g/mol. The van der Waals surface area contributed by atoms with Crippen LogP contribution in [-0.2, 0) is 6.54 Å². The molecular formula is C20H16Cl3FN2OS. The fraction of sp³-hybridized carbons (Fsp3) is 0.250. The zero-order valence-electron chi connectivity index (χ0n) is 14.7. The smallest absolute Gasteiger partial charge is 0.265 e. The van der Waals surface area contributed by atoms with E-state index < -0.39 is 0 Å². The highest BCUT2D eigenvalue weighted by Crippen LogP contribution is 2.37. The number of benzene rings is 2. The van der Waals surface area contributed by atoms with Crippen LogP contribution in [0.5, 0.6) is 0 Å². The first-order valence-corrected chi connectivity index (χ1v) is 10.7. The molecule has 1 aromatic heterocycles. The second kappa shape index (κ2) is 8.17. The Morgan fingerprint density at radius 2 is 1.79 bits per heavy atom. The van der Waals surface area contributed by atoms with E-state index in [4.69, 9.17) is 34.8 Å². The van der Waals surface area contributed by atoms with E-state index in [0.717, 1.165) is 15.6 Å². The molecule has 1 amide bonds. The lowest BCUT2D eigenvalue weighted by Crippen LogP contribution is -2.48. The van der Waals surface area contributed by atoms with Gasteiger partial charge >= 0.3 is 0 Å². The van der Waals surface area contributed by atoms with Crippen LogP contribution in [0.2, 0.25) is 15.1 Å². The first kappa shape index (κ1) is 19.9. The Labute approximate surface area is 181 Å². The third-order valence-corrected chi connectivity index (χ3v) is 7.09. The van der Waals surface area contributed by atoms with Gasteiger partial charge in [-0.25, -0.2) is 4.39 Å². The molecule has 28 heavy (non-hydrogen) atoms. The molecular weight excluding hydrogens is 442 g/mol. The van der Waals surface area contributed by atoms with Crippen molar-refractivity contribution in [2.24, 2.45) is 0 Å². The second-order valence-electron chi connectivity index (χ2n) is 6.69. The van der Waals surface area contributed by atoms with Crippen LogP contribution in [0.1, 0.15) is 15.2 Å². The maximum atomic E-state index is 13.2. The van der Waals surface area contributed by atoms with E-state index in [1.54, 1.807) is 12.1 Å². The highest BCUT2D eigenvalue weighted by molar-refractivity contribution is 7.21. The van der Waals surface area contributed by atoms with Crippen LogP contribution >= 0.6 is 46.1 Å². The summed E-state index contributed by atoms with van der Waals surface area (Å²) in [6.45, 7) is 3.26. The molecule has 0 N–H and O–H groups in total. The molecule has 0 unspecified atom stereocenters. The zero-order valence-corrected chi connectivity index (χ0v) is 17.8. The van der Waals surface area contributed by atoms with Gasteiger partial charge in [-0.3, -0.25) is 9.69 Å². The van der Waals surface area contributed by atoms with Gasteiger partial charge < -0.3 is 4.90 Å². The number of hydrogen-bond donors (Lipinski definition) is 0. The third-order valence-electron chi connectivity index (χ3n) is 4.85. The number of thiophene rings is 1. The van der Waals surface area contributed by atoms with Gasteiger partial charge in [0.1, 0.15) is 10.7 Å². The van der Waals surface area contributed by atoms with Crippen molar-refractivity contribution in [2.45, 2.75) is 6.54 Å². The first-order chi connectivity index (χ1) is 13.4. The van der Waals surface area contributed by atoms with Crippen molar-refractivity contribution >= 4 is 62.1 Å². The lowest BCUT2D eigenvalue weighted by Gasteiger charge is -2.34. The van der Waals surface area contributed by atoms with Gasteiger partial charge in [-0.05, 0) is 29.8 Å². The van der Waals surface area contributed by atoms with Crippen molar-refractivity contribution in [3.63, 3.8) is 0 Å². The van der Waals surface area contributed by atoms with Crippen molar-refractivity contribution in [1.82, 2.24) is 9.80 Å². The van der Waals surface area contributed by atoms with E-state index in [2.05, 4.69) is 4.90 Å². The molecule has 8 heteroatoms. The molecule has 0 radical (unpaired) electrons. The van der Waals surface area contributed by atoms with Gasteiger partial charge in [0.2, 0.25) is 0 Å².